The third-order valence-corrected chi connectivity index (χ3v) is 9.73. The number of benzene rings is 2. The summed E-state index contributed by atoms with van der Waals surface area (Å²) in [5.41, 5.74) is -0.129. The van der Waals surface area contributed by atoms with E-state index in [-0.39, 0.29) is 42.5 Å². The Labute approximate surface area is 256 Å². The number of sulfonamides is 1. The van der Waals surface area contributed by atoms with Crippen LogP contribution in [-0.4, -0.2) is 79.7 Å². The van der Waals surface area contributed by atoms with Crippen molar-refractivity contribution in [3.05, 3.63) is 70.3 Å². The van der Waals surface area contributed by atoms with E-state index in [1.165, 1.54) is 0 Å². The Morgan fingerprint density at radius 1 is 1.23 bits per heavy atom. The van der Waals surface area contributed by atoms with Crippen molar-refractivity contribution in [3.8, 4) is 6.07 Å². The second-order valence-corrected chi connectivity index (χ2v) is 13.8. The number of fused-ring (bicyclic) bond motifs is 1. The number of nitro benzene ring substituents is 1. The summed E-state index contributed by atoms with van der Waals surface area (Å²) in [6, 6.07) is 14.8. The van der Waals surface area contributed by atoms with Gasteiger partial charge in [-0.15, -0.1) is 0 Å². The zero-order valence-electron chi connectivity index (χ0n) is 24.7. The van der Waals surface area contributed by atoms with Crippen LogP contribution in [0.4, 0.5) is 10.5 Å². The zero-order chi connectivity index (χ0) is 31.9. The van der Waals surface area contributed by atoms with Crippen LogP contribution in [0.25, 0.3) is 0 Å². The summed E-state index contributed by atoms with van der Waals surface area (Å²) in [5.74, 6) is -0.0868. The van der Waals surface area contributed by atoms with Gasteiger partial charge in [0.2, 0.25) is 10.0 Å². The maximum Gasteiger partial charge on any atom is 0.407 e. The van der Waals surface area contributed by atoms with Crippen molar-refractivity contribution in [2.75, 3.05) is 26.3 Å². The summed E-state index contributed by atoms with van der Waals surface area (Å²) in [5, 5.41) is 34.5. The number of carbonyl (C=O) groups is 1. The van der Waals surface area contributed by atoms with E-state index in [9.17, 15) is 28.4 Å². The van der Waals surface area contributed by atoms with Crippen molar-refractivity contribution in [3.63, 3.8) is 0 Å². The van der Waals surface area contributed by atoms with Gasteiger partial charge >= 0.3 is 6.09 Å². The molecular weight excluding hydrogens is 592 g/mol. The molecule has 2 N–H and O–H groups in total. The van der Waals surface area contributed by atoms with Gasteiger partial charge in [0.1, 0.15) is 6.10 Å². The fourth-order valence-corrected chi connectivity index (χ4v) is 7.09. The Bertz CT molecular complexity index is 1430. The SMILES string of the molecule is CC(C)(CCC#N)CN(CC(O)[C@H](Cc1ccccc1)NC(=O)OC1COC2OCCC12)S(=O)(=O)c1ccc([N+](=O)[O-])cc1. The second kappa shape index (κ2) is 14.4. The molecule has 13 nitrogen and oxygen atoms in total. The number of amides is 1. The summed E-state index contributed by atoms with van der Waals surface area (Å²) in [7, 11) is -4.27. The average molecular weight is 631 g/mol. The Hall–Kier alpha value is -3.61. The number of aliphatic hydroxyl groups excluding tert-OH is 1. The highest BCUT2D eigenvalue weighted by atomic mass is 32.2. The molecule has 0 aliphatic carbocycles. The van der Waals surface area contributed by atoms with Crippen LogP contribution < -0.4 is 5.32 Å². The van der Waals surface area contributed by atoms with Gasteiger partial charge in [0.25, 0.3) is 5.69 Å². The van der Waals surface area contributed by atoms with Gasteiger partial charge in [0, 0.05) is 31.6 Å². The van der Waals surface area contributed by atoms with E-state index in [0.29, 0.717) is 19.4 Å². The molecule has 2 aromatic rings. The molecule has 14 heteroatoms. The number of ether oxygens (including phenoxy) is 3. The van der Waals surface area contributed by atoms with E-state index in [2.05, 4.69) is 11.4 Å². The fraction of sp³-hybridized carbons (Fsp3) is 0.533. The predicted octanol–water partition coefficient (Wildman–Crippen LogP) is 3.38. The van der Waals surface area contributed by atoms with E-state index in [1.54, 1.807) is 0 Å². The summed E-state index contributed by atoms with van der Waals surface area (Å²) in [6.45, 7) is 3.86. The highest BCUT2D eigenvalue weighted by molar-refractivity contribution is 7.89. The Morgan fingerprint density at radius 3 is 2.59 bits per heavy atom. The monoisotopic (exact) mass is 630 g/mol. The van der Waals surface area contributed by atoms with Gasteiger partial charge in [-0.05, 0) is 42.4 Å². The molecule has 1 amide bonds. The fourth-order valence-electron chi connectivity index (χ4n) is 5.44. The van der Waals surface area contributed by atoms with Gasteiger partial charge in [-0.2, -0.15) is 9.57 Å². The van der Waals surface area contributed by atoms with Crippen LogP contribution in [0, 0.1) is 32.8 Å². The van der Waals surface area contributed by atoms with Crippen molar-refractivity contribution in [1.82, 2.24) is 9.62 Å². The van der Waals surface area contributed by atoms with Crippen molar-refractivity contribution >= 4 is 21.8 Å². The molecule has 2 aromatic carbocycles. The molecule has 2 heterocycles. The average Bonchev–Trinajstić information content (AvgIpc) is 3.61. The van der Waals surface area contributed by atoms with Crippen LogP contribution in [0.2, 0.25) is 0 Å². The van der Waals surface area contributed by atoms with Crippen molar-refractivity contribution < 1.29 is 37.5 Å². The first-order valence-electron chi connectivity index (χ1n) is 14.4. The van der Waals surface area contributed by atoms with Crippen molar-refractivity contribution in [2.24, 2.45) is 11.3 Å². The normalized spacial score (nSPS) is 21.3. The van der Waals surface area contributed by atoms with Crippen molar-refractivity contribution in [2.45, 2.75) is 69.0 Å². The zero-order valence-corrected chi connectivity index (χ0v) is 25.5. The molecule has 4 rings (SSSR count). The Morgan fingerprint density at radius 2 is 1.93 bits per heavy atom. The lowest BCUT2D eigenvalue weighted by atomic mass is 9.88. The van der Waals surface area contributed by atoms with Gasteiger partial charge in [-0.1, -0.05) is 44.2 Å². The number of rotatable bonds is 14. The molecule has 44 heavy (non-hydrogen) atoms. The summed E-state index contributed by atoms with van der Waals surface area (Å²) >= 11 is 0. The van der Waals surface area contributed by atoms with Crippen LogP contribution >= 0.6 is 0 Å². The van der Waals surface area contributed by atoms with E-state index in [1.807, 2.05) is 44.2 Å². The molecule has 0 saturated carbocycles. The Balaban J connectivity index is 1.57. The van der Waals surface area contributed by atoms with E-state index in [0.717, 1.165) is 34.1 Å². The third-order valence-electron chi connectivity index (χ3n) is 7.90. The number of carbonyl (C=O) groups excluding carboxylic acids is 1. The smallest absolute Gasteiger partial charge is 0.407 e. The summed E-state index contributed by atoms with van der Waals surface area (Å²) in [6.07, 6.45) is -1.64. The lowest BCUT2D eigenvalue weighted by Gasteiger charge is -2.34. The number of non-ortho nitro benzene ring substituents is 1. The lowest BCUT2D eigenvalue weighted by molar-refractivity contribution is -0.384. The lowest BCUT2D eigenvalue weighted by Crippen LogP contribution is -2.52. The number of hydrogen-bond donors (Lipinski definition) is 2. The highest BCUT2D eigenvalue weighted by Gasteiger charge is 2.44. The number of nitro groups is 1. The van der Waals surface area contributed by atoms with Gasteiger partial charge < -0.3 is 24.6 Å². The van der Waals surface area contributed by atoms with Gasteiger partial charge in [0.05, 0.1) is 47.2 Å². The van der Waals surface area contributed by atoms with Crippen LogP contribution in [-0.2, 0) is 30.7 Å². The molecule has 5 atom stereocenters. The van der Waals surface area contributed by atoms with Crippen LogP contribution in [0.3, 0.4) is 0 Å². The topological polar surface area (TPSA) is 181 Å². The largest absolute Gasteiger partial charge is 0.443 e. The second-order valence-electron chi connectivity index (χ2n) is 11.8. The van der Waals surface area contributed by atoms with Crippen molar-refractivity contribution in [1.29, 1.82) is 5.26 Å². The maximum absolute atomic E-state index is 13.9. The minimum Gasteiger partial charge on any atom is -0.443 e. The first kappa shape index (κ1) is 33.3. The number of nitrogens with one attached hydrogen (secondary N) is 1. The number of alkyl carbamates (subject to hydrolysis) is 1. The molecule has 0 aromatic heterocycles. The molecule has 238 valence electrons. The minimum atomic E-state index is -4.27. The van der Waals surface area contributed by atoms with E-state index < -0.39 is 57.5 Å². The molecule has 2 fully saturated rings. The van der Waals surface area contributed by atoms with Gasteiger partial charge in [-0.25, -0.2) is 13.2 Å². The predicted molar refractivity (Wildman–Crippen MR) is 158 cm³/mol. The first-order chi connectivity index (χ1) is 20.9. The standard InChI is InChI=1S/C30H38N4O9S/c1-30(2,14-6-15-31)20-33(44(39,40)23-11-9-22(10-12-23)34(37)38)18-26(35)25(17-21-7-4-3-5-8-21)32-29(36)43-27-19-42-28-24(27)13-16-41-28/h3-5,7-12,24-28,35H,6,13-14,16-20H2,1-2H3,(H,32,36)/t24?,25-,26?,27?,28?/m0/s1. The number of nitrogens with zero attached hydrogens (tertiary/aromatic N) is 3. The molecule has 2 aliphatic rings. The van der Waals surface area contributed by atoms with Crippen LogP contribution in [0.15, 0.2) is 59.5 Å². The molecule has 2 saturated heterocycles. The first-order valence-corrected chi connectivity index (χ1v) is 15.9. The maximum atomic E-state index is 13.9. The summed E-state index contributed by atoms with van der Waals surface area (Å²) in [4.78, 5) is 23.4. The number of hydrogen-bond acceptors (Lipinski definition) is 10. The van der Waals surface area contributed by atoms with Crippen LogP contribution in [0.1, 0.15) is 38.7 Å². The Kier molecular flexibility index (Phi) is 10.9. The number of nitriles is 1. The van der Waals surface area contributed by atoms with E-state index >= 15 is 0 Å². The third kappa shape index (κ3) is 8.52. The van der Waals surface area contributed by atoms with Crippen LogP contribution in [0.5, 0.6) is 0 Å². The van der Waals surface area contributed by atoms with Gasteiger partial charge in [0.15, 0.2) is 6.29 Å². The molecule has 2 aliphatic heterocycles. The summed E-state index contributed by atoms with van der Waals surface area (Å²) < 4.78 is 45.6. The molecule has 0 spiro atoms. The quantitative estimate of drug-likeness (QED) is 0.232. The molecule has 0 radical (unpaired) electrons. The van der Waals surface area contributed by atoms with Gasteiger partial charge in [-0.3, -0.25) is 10.1 Å². The molecule has 4 unspecified atom stereocenters. The van der Waals surface area contributed by atoms with E-state index in [4.69, 9.17) is 19.5 Å². The molecular formula is C30H38N4O9S. The highest BCUT2D eigenvalue weighted by Crippen LogP contribution is 2.33. The minimum absolute atomic E-state index is 0.0595. The molecule has 0 bridgehead atoms. The number of aliphatic hydroxyl groups is 1.